The van der Waals surface area contributed by atoms with E-state index < -0.39 is 23.4 Å². The lowest BCUT2D eigenvalue weighted by molar-refractivity contribution is -0.167. The van der Waals surface area contributed by atoms with Gasteiger partial charge in [0.15, 0.2) is 0 Å². The molecular weight excluding hydrogens is 260 g/mol. The summed E-state index contributed by atoms with van der Waals surface area (Å²) in [5, 5.41) is 0. The number of hydrogen-bond acceptors (Lipinski definition) is 5. The second kappa shape index (κ2) is 6.57. The van der Waals surface area contributed by atoms with E-state index in [0.717, 1.165) is 0 Å². The normalized spacial score (nSPS) is 30.1. The van der Waals surface area contributed by atoms with Crippen LogP contribution < -0.4 is 0 Å². The van der Waals surface area contributed by atoms with Crippen molar-refractivity contribution in [2.45, 2.75) is 65.3 Å². The van der Waals surface area contributed by atoms with E-state index in [2.05, 4.69) is 0 Å². The second-order valence-corrected chi connectivity index (χ2v) is 6.14. The SMILES string of the molecule is CCC1OC(CC)C(C(=O)OC(C)(C)C)C1C(=O)OC. The highest BCUT2D eigenvalue weighted by Crippen LogP contribution is 2.38. The number of methoxy groups -OCH3 is 1. The smallest absolute Gasteiger partial charge is 0.313 e. The Labute approximate surface area is 121 Å². The maximum atomic E-state index is 12.4. The first-order valence-electron chi connectivity index (χ1n) is 7.21. The highest BCUT2D eigenvalue weighted by Gasteiger charge is 2.52. The lowest BCUT2D eigenvalue weighted by Gasteiger charge is -2.26. The van der Waals surface area contributed by atoms with Crippen molar-refractivity contribution < 1.29 is 23.8 Å². The van der Waals surface area contributed by atoms with Crippen LogP contribution in [-0.4, -0.2) is 36.9 Å². The van der Waals surface area contributed by atoms with Crippen molar-refractivity contribution in [2.75, 3.05) is 7.11 Å². The molecule has 0 aliphatic carbocycles. The Bertz CT molecular complexity index is 358. The molecule has 116 valence electrons. The summed E-state index contributed by atoms with van der Waals surface area (Å²) in [6.07, 6.45) is 0.743. The average molecular weight is 286 g/mol. The van der Waals surface area contributed by atoms with E-state index in [9.17, 15) is 9.59 Å². The predicted molar refractivity (Wildman–Crippen MR) is 74.1 cm³/mol. The first-order chi connectivity index (χ1) is 9.25. The summed E-state index contributed by atoms with van der Waals surface area (Å²) in [4.78, 5) is 24.4. The summed E-state index contributed by atoms with van der Waals surface area (Å²) in [5.41, 5.74) is -0.583. The summed E-state index contributed by atoms with van der Waals surface area (Å²) >= 11 is 0. The zero-order valence-electron chi connectivity index (χ0n) is 13.3. The Morgan fingerprint density at radius 2 is 1.45 bits per heavy atom. The fraction of sp³-hybridized carbons (Fsp3) is 0.867. The first-order valence-corrected chi connectivity index (χ1v) is 7.21. The van der Waals surface area contributed by atoms with Crippen LogP contribution in [0.3, 0.4) is 0 Å². The topological polar surface area (TPSA) is 61.8 Å². The van der Waals surface area contributed by atoms with E-state index in [-0.39, 0.29) is 18.2 Å². The van der Waals surface area contributed by atoms with Gasteiger partial charge in [-0.05, 0) is 33.6 Å². The summed E-state index contributed by atoms with van der Waals surface area (Å²) in [5.74, 6) is -1.94. The third-order valence-corrected chi connectivity index (χ3v) is 3.49. The molecule has 0 spiro atoms. The van der Waals surface area contributed by atoms with Crippen molar-refractivity contribution in [2.24, 2.45) is 11.8 Å². The van der Waals surface area contributed by atoms with Crippen molar-refractivity contribution in [1.29, 1.82) is 0 Å². The molecule has 0 radical (unpaired) electrons. The second-order valence-electron chi connectivity index (χ2n) is 6.14. The lowest BCUT2D eigenvalue weighted by Crippen LogP contribution is -2.39. The highest BCUT2D eigenvalue weighted by atomic mass is 16.6. The molecule has 1 rings (SSSR count). The van der Waals surface area contributed by atoms with E-state index in [1.807, 2.05) is 34.6 Å². The Hall–Kier alpha value is -1.10. The number of rotatable bonds is 4. The standard InChI is InChI=1S/C15H26O5/c1-7-9-11(13(16)18-6)12(10(8-2)19-9)14(17)20-15(3,4)5/h9-12H,7-8H2,1-6H3. The molecule has 5 heteroatoms. The van der Waals surface area contributed by atoms with Gasteiger partial charge in [-0.3, -0.25) is 9.59 Å². The van der Waals surface area contributed by atoms with Crippen LogP contribution in [0.5, 0.6) is 0 Å². The van der Waals surface area contributed by atoms with Crippen LogP contribution in [0, 0.1) is 11.8 Å². The number of carbonyl (C=O) groups excluding carboxylic acids is 2. The van der Waals surface area contributed by atoms with Gasteiger partial charge in [-0.2, -0.15) is 0 Å². The summed E-state index contributed by atoms with van der Waals surface area (Å²) in [7, 11) is 1.33. The van der Waals surface area contributed by atoms with Gasteiger partial charge >= 0.3 is 11.9 Å². The molecule has 20 heavy (non-hydrogen) atoms. The van der Waals surface area contributed by atoms with Gasteiger partial charge in [0.25, 0.3) is 0 Å². The third kappa shape index (κ3) is 3.72. The molecule has 0 amide bonds. The van der Waals surface area contributed by atoms with Gasteiger partial charge in [-0.25, -0.2) is 0 Å². The van der Waals surface area contributed by atoms with E-state index >= 15 is 0 Å². The summed E-state index contributed by atoms with van der Waals surface area (Å²) in [6.45, 7) is 9.31. The van der Waals surface area contributed by atoms with Crippen LogP contribution in [0.2, 0.25) is 0 Å². The molecule has 1 aliphatic rings. The van der Waals surface area contributed by atoms with Crippen molar-refractivity contribution >= 4 is 11.9 Å². The number of hydrogen-bond donors (Lipinski definition) is 0. The summed E-state index contributed by atoms with van der Waals surface area (Å²) < 4.78 is 16.1. The Balaban J connectivity index is 3.01. The van der Waals surface area contributed by atoms with Crippen molar-refractivity contribution in [3.63, 3.8) is 0 Å². The quantitative estimate of drug-likeness (QED) is 0.742. The van der Waals surface area contributed by atoms with E-state index in [4.69, 9.17) is 14.2 Å². The minimum absolute atomic E-state index is 0.287. The Kier molecular flexibility index (Phi) is 5.57. The molecule has 1 aliphatic heterocycles. The Morgan fingerprint density at radius 1 is 1.00 bits per heavy atom. The fourth-order valence-corrected chi connectivity index (χ4v) is 2.66. The maximum absolute atomic E-state index is 12.4. The van der Waals surface area contributed by atoms with Gasteiger partial charge in [0.2, 0.25) is 0 Å². The minimum Gasteiger partial charge on any atom is -0.469 e. The molecule has 0 aromatic carbocycles. The van der Waals surface area contributed by atoms with Crippen molar-refractivity contribution in [3.05, 3.63) is 0 Å². The molecule has 1 fully saturated rings. The van der Waals surface area contributed by atoms with Gasteiger partial charge in [0.1, 0.15) is 5.60 Å². The average Bonchev–Trinajstić information content (AvgIpc) is 2.74. The molecule has 0 bridgehead atoms. The first kappa shape index (κ1) is 17.0. The monoisotopic (exact) mass is 286 g/mol. The maximum Gasteiger partial charge on any atom is 0.313 e. The van der Waals surface area contributed by atoms with Gasteiger partial charge in [0, 0.05) is 0 Å². The Morgan fingerprint density at radius 3 is 1.80 bits per heavy atom. The molecule has 0 N–H and O–H groups in total. The molecule has 4 atom stereocenters. The number of esters is 2. The van der Waals surface area contributed by atoms with Gasteiger partial charge < -0.3 is 14.2 Å². The van der Waals surface area contributed by atoms with Crippen molar-refractivity contribution in [1.82, 2.24) is 0 Å². The zero-order chi connectivity index (χ0) is 15.5. The lowest BCUT2D eigenvalue weighted by atomic mass is 9.85. The van der Waals surface area contributed by atoms with Gasteiger partial charge in [-0.1, -0.05) is 13.8 Å². The van der Waals surface area contributed by atoms with E-state index in [0.29, 0.717) is 12.8 Å². The van der Waals surface area contributed by atoms with Crippen LogP contribution >= 0.6 is 0 Å². The molecule has 4 unspecified atom stereocenters. The van der Waals surface area contributed by atoms with Crippen molar-refractivity contribution in [3.8, 4) is 0 Å². The van der Waals surface area contributed by atoms with Crippen LogP contribution in [0.1, 0.15) is 47.5 Å². The largest absolute Gasteiger partial charge is 0.469 e. The molecule has 5 nitrogen and oxygen atoms in total. The minimum atomic E-state index is -0.586. The summed E-state index contributed by atoms with van der Waals surface area (Å²) in [6, 6.07) is 0. The number of carbonyl (C=O) groups is 2. The molecule has 1 saturated heterocycles. The highest BCUT2D eigenvalue weighted by molar-refractivity contribution is 5.84. The molecule has 0 aromatic heterocycles. The van der Waals surface area contributed by atoms with Gasteiger partial charge in [0.05, 0.1) is 31.2 Å². The molecule has 0 saturated carbocycles. The van der Waals surface area contributed by atoms with Crippen LogP contribution in [0.4, 0.5) is 0 Å². The zero-order valence-corrected chi connectivity index (χ0v) is 13.3. The fourth-order valence-electron chi connectivity index (χ4n) is 2.66. The number of ether oxygens (including phenoxy) is 3. The van der Waals surface area contributed by atoms with E-state index in [1.165, 1.54) is 7.11 Å². The van der Waals surface area contributed by atoms with E-state index in [1.54, 1.807) is 0 Å². The van der Waals surface area contributed by atoms with Crippen LogP contribution in [0.25, 0.3) is 0 Å². The predicted octanol–water partition coefficient (Wildman–Crippen LogP) is 2.32. The van der Waals surface area contributed by atoms with Crippen LogP contribution in [0.15, 0.2) is 0 Å². The van der Waals surface area contributed by atoms with Gasteiger partial charge in [-0.15, -0.1) is 0 Å². The third-order valence-electron chi connectivity index (χ3n) is 3.49. The molecule has 1 heterocycles. The van der Waals surface area contributed by atoms with Crippen LogP contribution in [-0.2, 0) is 23.8 Å². The molecule has 0 aromatic rings. The molecular formula is C15H26O5.